The zero-order valence-electron chi connectivity index (χ0n) is 7.17. The molecular weight excluding hydrogens is 178 g/mol. The van der Waals surface area contributed by atoms with E-state index in [4.69, 9.17) is 21.1 Å². The van der Waals surface area contributed by atoms with Gasteiger partial charge >= 0.3 is 0 Å². The Balaban J connectivity index is 1.94. The first kappa shape index (κ1) is 8.75. The molecule has 0 saturated carbocycles. The third-order valence-corrected chi connectivity index (χ3v) is 3.11. The van der Waals surface area contributed by atoms with Crippen molar-refractivity contribution in [2.45, 2.75) is 6.10 Å². The minimum absolute atomic E-state index is 0.268. The molecule has 4 heteroatoms. The van der Waals surface area contributed by atoms with E-state index in [0.717, 1.165) is 44.1 Å². The third kappa shape index (κ3) is 1.59. The second-order valence-electron chi connectivity index (χ2n) is 3.66. The Labute approximate surface area is 77.8 Å². The summed E-state index contributed by atoms with van der Waals surface area (Å²) in [5.74, 6) is 0.626. The van der Waals surface area contributed by atoms with Crippen LogP contribution in [0, 0.1) is 0 Å². The van der Waals surface area contributed by atoms with Crippen LogP contribution in [0.2, 0.25) is 0 Å². The molecule has 2 fully saturated rings. The van der Waals surface area contributed by atoms with Crippen LogP contribution in [0.25, 0.3) is 0 Å². The highest BCUT2D eigenvalue weighted by molar-refractivity contribution is 6.18. The molecule has 0 radical (unpaired) electrons. The summed E-state index contributed by atoms with van der Waals surface area (Å²) in [6.07, 6.45) is 0.268. The van der Waals surface area contributed by atoms with Gasteiger partial charge in [-0.25, -0.2) is 0 Å². The number of hydrogen-bond donors (Lipinski definition) is 0. The van der Waals surface area contributed by atoms with Gasteiger partial charge in [-0.3, -0.25) is 4.48 Å². The molecule has 70 valence electrons. The number of alkyl halides is 1. The fourth-order valence-electron chi connectivity index (χ4n) is 1.94. The van der Waals surface area contributed by atoms with Crippen LogP contribution < -0.4 is 0 Å². The minimum atomic E-state index is 0.268. The number of rotatable bonds is 1. The first-order valence-corrected chi connectivity index (χ1v) is 4.98. The van der Waals surface area contributed by atoms with Gasteiger partial charge in [0.05, 0.1) is 19.1 Å². The summed E-state index contributed by atoms with van der Waals surface area (Å²) in [6, 6.07) is 0. The van der Waals surface area contributed by atoms with Crippen molar-refractivity contribution >= 4 is 11.6 Å². The van der Waals surface area contributed by atoms with Crippen molar-refractivity contribution in [2.24, 2.45) is 0 Å². The molecule has 3 nitrogen and oxygen atoms in total. The van der Waals surface area contributed by atoms with Gasteiger partial charge in [0.15, 0.2) is 6.73 Å². The summed E-state index contributed by atoms with van der Waals surface area (Å²) in [7, 11) is 0. The van der Waals surface area contributed by atoms with E-state index in [2.05, 4.69) is 0 Å². The summed E-state index contributed by atoms with van der Waals surface area (Å²) < 4.78 is 12.0. The molecule has 2 heterocycles. The second kappa shape index (κ2) is 3.50. The van der Waals surface area contributed by atoms with Gasteiger partial charge in [0.2, 0.25) is 0 Å². The Morgan fingerprint density at radius 1 is 1.33 bits per heavy atom. The fourth-order valence-corrected chi connectivity index (χ4v) is 2.12. The van der Waals surface area contributed by atoms with E-state index < -0.39 is 0 Å². The molecule has 2 saturated heterocycles. The summed E-state index contributed by atoms with van der Waals surface area (Å²) in [6.45, 7) is 5.84. The fraction of sp³-hybridized carbons (Fsp3) is 1.00. The van der Waals surface area contributed by atoms with Gasteiger partial charge in [-0.1, -0.05) is 0 Å². The Bertz CT molecular complexity index is 159. The van der Waals surface area contributed by atoms with Crippen LogP contribution in [-0.4, -0.2) is 56.0 Å². The first-order chi connectivity index (χ1) is 5.85. The topological polar surface area (TPSA) is 18.5 Å². The lowest BCUT2D eigenvalue weighted by atomic mass is 10.3. The molecule has 0 aromatic carbocycles. The summed E-state index contributed by atoms with van der Waals surface area (Å²) in [5, 5.41) is 0. The molecule has 0 amide bonds. The quantitative estimate of drug-likeness (QED) is 0.443. The molecule has 0 aromatic heterocycles. The monoisotopic (exact) mass is 192 g/mol. The molecular formula is C8H15ClNO2+. The zero-order valence-corrected chi connectivity index (χ0v) is 7.92. The molecule has 1 spiro atoms. The highest BCUT2D eigenvalue weighted by Gasteiger charge is 2.39. The van der Waals surface area contributed by atoms with Crippen LogP contribution >= 0.6 is 11.6 Å². The Hall–Kier alpha value is 0.170. The molecule has 2 aliphatic rings. The SMILES string of the molecule is ClCC1C[N+]2(CCOCC2)CO1. The predicted molar refractivity (Wildman–Crippen MR) is 46.1 cm³/mol. The van der Waals surface area contributed by atoms with Crippen LogP contribution in [0.15, 0.2) is 0 Å². The van der Waals surface area contributed by atoms with E-state index in [1.165, 1.54) is 0 Å². The summed E-state index contributed by atoms with van der Waals surface area (Å²) >= 11 is 5.74. The van der Waals surface area contributed by atoms with E-state index in [9.17, 15) is 0 Å². The van der Waals surface area contributed by atoms with Gasteiger partial charge in [-0.2, -0.15) is 0 Å². The van der Waals surface area contributed by atoms with E-state index in [0.29, 0.717) is 5.88 Å². The van der Waals surface area contributed by atoms with Crippen molar-refractivity contribution < 1.29 is 14.0 Å². The number of quaternary nitrogens is 1. The van der Waals surface area contributed by atoms with Crippen molar-refractivity contribution in [3.05, 3.63) is 0 Å². The molecule has 2 aliphatic heterocycles. The highest BCUT2D eigenvalue weighted by Crippen LogP contribution is 2.21. The van der Waals surface area contributed by atoms with Crippen LogP contribution in [0.5, 0.6) is 0 Å². The standard InChI is InChI=1S/C8H15ClNO2/c9-5-8-6-10(7-12-8)1-3-11-4-2-10/h8H,1-7H2/q+1. The number of morpholine rings is 1. The molecule has 0 aromatic rings. The third-order valence-electron chi connectivity index (χ3n) is 2.77. The van der Waals surface area contributed by atoms with Crippen molar-refractivity contribution in [1.82, 2.24) is 0 Å². The van der Waals surface area contributed by atoms with E-state index >= 15 is 0 Å². The van der Waals surface area contributed by atoms with Crippen molar-refractivity contribution in [1.29, 1.82) is 0 Å². The normalized spacial score (nSPS) is 34.2. The summed E-state index contributed by atoms with van der Waals surface area (Å²) in [4.78, 5) is 0. The maximum Gasteiger partial charge on any atom is 0.184 e. The average Bonchev–Trinajstić information content (AvgIpc) is 2.50. The number of ether oxygens (including phenoxy) is 2. The molecule has 1 unspecified atom stereocenters. The molecule has 12 heavy (non-hydrogen) atoms. The van der Waals surface area contributed by atoms with E-state index in [-0.39, 0.29) is 6.10 Å². The van der Waals surface area contributed by atoms with Gasteiger partial charge in [0, 0.05) is 0 Å². The summed E-state index contributed by atoms with van der Waals surface area (Å²) in [5.41, 5.74) is 0. The maximum atomic E-state index is 5.74. The Kier molecular flexibility index (Phi) is 2.55. The van der Waals surface area contributed by atoms with Crippen LogP contribution in [0.4, 0.5) is 0 Å². The molecule has 0 N–H and O–H groups in total. The van der Waals surface area contributed by atoms with Gasteiger partial charge in [-0.05, 0) is 0 Å². The number of nitrogens with zero attached hydrogens (tertiary/aromatic N) is 1. The van der Waals surface area contributed by atoms with E-state index in [1.807, 2.05) is 0 Å². The van der Waals surface area contributed by atoms with Crippen molar-refractivity contribution in [3.63, 3.8) is 0 Å². The van der Waals surface area contributed by atoms with Gasteiger partial charge in [-0.15, -0.1) is 11.6 Å². The molecule has 2 rings (SSSR count). The maximum absolute atomic E-state index is 5.74. The number of hydrogen-bond acceptors (Lipinski definition) is 2. The van der Waals surface area contributed by atoms with E-state index in [1.54, 1.807) is 0 Å². The lowest BCUT2D eigenvalue weighted by Gasteiger charge is -2.35. The van der Waals surface area contributed by atoms with Crippen molar-refractivity contribution in [3.8, 4) is 0 Å². The molecule has 0 bridgehead atoms. The van der Waals surface area contributed by atoms with Gasteiger partial charge in [0.1, 0.15) is 25.7 Å². The molecule has 0 aliphatic carbocycles. The zero-order chi connectivity index (χ0) is 8.44. The Morgan fingerprint density at radius 3 is 2.67 bits per heavy atom. The van der Waals surface area contributed by atoms with Crippen LogP contribution in [0.3, 0.4) is 0 Å². The average molecular weight is 193 g/mol. The Morgan fingerprint density at radius 2 is 2.08 bits per heavy atom. The first-order valence-electron chi connectivity index (χ1n) is 4.45. The molecule has 1 atom stereocenters. The largest absolute Gasteiger partial charge is 0.370 e. The van der Waals surface area contributed by atoms with Crippen molar-refractivity contribution in [2.75, 3.05) is 45.5 Å². The second-order valence-corrected chi connectivity index (χ2v) is 3.96. The van der Waals surface area contributed by atoms with Gasteiger partial charge < -0.3 is 9.47 Å². The van der Waals surface area contributed by atoms with Crippen LogP contribution in [-0.2, 0) is 9.47 Å². The highest BCUT2D eigenvalue weighted by atomic mass is 35.5. The lowest BCUT2D eigenvalue weighted by Crippen LogP contribution is -2.53. The number of halogens is 1. The minimum Gasteiger partial charge on any atom is -0.370 e. The predicted octanol–water partition coefficient (Wildman–Crippen LogP) is 0.428. The lowest BCUT2D eigenvalue weighted by molar-refractivity contribution is -0.932. The van der Waals surface area contributed by atoms with Crippen LogP contribution in [0.1, 0.15) is 0 Å². The van der Waals surface area contributed by atoms with Gasteiger partial charge in [0.25, 0.3) is 0 Å². The smallest absolute Gasteiger partial charge is 0.184 e.